The molecule has 10 heteroatoms. The second-order valence-electron chi connectivity index (χ2n) is 5.41. The van der Waals surface area contributed by atoms with Crippen LogP contribution in [0.4, 0.5) is 5.82 Å². The number of hydrogen-bond donors (Lipinski definition) is 3. The van der Waals surface area contributed by atoms with E-state index >= 15 is 0 Å². The third-order valence-corrected chi connectivity index (χ3v) is 5.41. The Kier molecular flexibility index (Phi) is 6.55. The molecule has 2 heterocycles. The number of carbonyl (C=O) groups excluding carboxylic acids is 2. The zero-order chi connectivity index (χ0) is 17.6. The van der Waals surface area contributed by atoms with Crippen LogP contribution in [0.2, 0.25) is 0 Å². The molecule has 1 saturated heterocycles. The van der Waals surface area contributed by atoms with Crippen LogP contribution in [0.5, 0.6) is 0 Å². The van der Waals surface area contributed by atoms with Crippen LogP contribution in [0, 0.1) is 6.92 Å². The highest BCUT2D eigenvalue weighted by atomic mass is 32.2. The van der Waals surface area contributed by atoms with Crippen LogP contribution in [0.15, 0.2) is 10.6 Å². The lowest BCUT2D eigenvalue weighted by Gasteiger charge is -2.33. The molecule has 3 N–H and O–H groups in total. The fourth-order valence-electron chi connectivity index (χ4n) is 2.26. The maximum atomic E-state index is 12.0. The molecule has 1 aliphatic rings. The number of carboxylic acid groups (broad SMARTS) is 1. The van der Waals surface area contributed by atoms with Crippen LogP contribution in [0.1, 0.15) is 18.6 Å². The van der Waals surface area contributed by atoms with Crippen LogP contribution in [-0.4, -0.2) is 56.6 Å². The number of carbonyl (C=O) groups is 3. The van der Waals surface area contributed by atoms with Gasteiger partial charge in [-0.2, -0.15) is 11.8 Å². The second-order valence-corrected chi connectivity index (χ2v) is 7.62. The molecule has 0 aromatic carbocycles. The van der Waals surface area contributed by atoms with E-state index in [9.17, 15) is 19.5 Å². The largest absolute Gasteiger partial charge is 0.480 e. The Bertz CT molecular complexity index is 613. The van der Waals surface area contributed by atoms with Gasteiger partial charge in [-0.15, -0.1) is 11.8 Å². The highest BCUT2D eigenvalue weighted by Crippen LogP contribution is 2.27. The molecule has 0 atom stereocenters. The van der Waals surface area contributed by atoms with Gasteiger partial charge in [-0.25, -0.2) is 4.79 Å². The predicted octanol–water partition coefficient (Wildman–Crippen LogP) is 1.12. The molecule has 0 bridgehead atoms. The summed E-state index contributed by atoms with van der Waals surface area (Å²) >= 11 is 2.79. The number of carboxylic acids is 1. The molecule has 1 aliphatic heterocycles. The SMILES string of the molecule is Cc1cc(NC(=O)CSCC(=O)NC2(C(=O)O)CCSCC2)no1. The van der Waals surface area contributed by atoms with E-state index in [4.69, 9.17) is 4.52 Å². The molecule has 1 aromatic rings. The van der Waals surface area contributed by atoms with Gasteiger partial charge in [0.2, 0.25) is 11.8 Å². The van der Waals surface area contributed by atoms with E-state index < -0.39 is 11.5 Å². The van der Waals surface area contributed by atoms with Gasteiger partial charge in [-0.3, -0.25) is 9.59 Å². The highest BCUT2D eigenvalue weighted by Gasteiger charge is 2.41. The lowest BCUT2D eigenvalue weighted by molar-refractivity contribution is -0.147. The molecule has 0 unspecified atom stereocenters. The first kappa shape index (κ1) is 18.7. The van der Waals surface area contributed by atoms with E-state index in [1.54, 1.807) is 24.8 Å². The Morgan fingerprint density at radius 2 is 2.00 bits per heavy atom. The first-order chi connectivity index (χ1) is 11.4. The Morgan fingerprint density at radius 3 is 2.58 bits per heavy atom. The van der Waals surface area contributed by atoms with E-state index in [0.717, 1.165) is 11.8 Å². The van der Waals surface area contributed by atoms with Gasteiger partial charge < -0.3 is 20.3 Å². The maximum absolute atomic E-state index is 12.0. The van der Waals surface area contributed by atoms with E-state index in [1.165, 1.54) is 0 Å². The molecule has 2 rings (SSSR count). The molecule has 1 fully saturated rings. The lowest BCUT2D eigenvalue weighted by Crippen LogP contribution is -2.57. The standard InChI is InChI=1S/C14H19N3O5S2/c1-9-6-10(17-22-9)15-11(18)7-24-8-12(19)16-14(13(20)21)2-4-23-5-3-14/h6H,2-5,7-8H2,1H3,(H,16,19)(H,20,21)(H,15,17,18). The molecule has 1 aromatic heterocycles. The van der Waals surface area contributed by atoms with Gasteiger partial charge in [0, 0.05) is 6.07 Å². The van der Waals surface area contributed by atoms with Gasteiger partial charge in [0.25, 0.3) is 0 Å². The van der Waals surface area contributed by atoms with Crippen LogP contribution >= 0.6 is 23.5 Å². The van der Waals surface area contributed by atoms with Crippen molar-refractivity contribution in [3.05, 3.63) is 11.8 Å². The van der Waals surface area contributed by atoms with Crippen molar-refractivity contribution >= 4 is 47.1 Å². The van der Waals surface area contributed by atoms with Crippen LogP contribution in [-0.2, 0) is 14.4 Å². The molecule has 132 valence electrons. The van der Waals surface area contributed by atoms with Gasteiger partial charge in [0.1, 0.15) is 11.3 Å². The molecule has 0 radical (unpaired) electrons. The molecule has 24 heavy (non-hydrogen) atoms. The van der Waals surface area contributed by atoms with Gasteiger partial charge in [0.15, 0.2) is 5.82 Å². The van der Waals surface area contributed by atoms with Gasteiger partial charge >= 0.3 is 5.97 Å². The molecular weight excluding hydrogens is 354 g/mol. The molecule has 8 nitrogen and oxygen atoms in total. The number of rotatable bonds is 7. The number of nitrogens with zero attached hydrogens (tertiary/aromatic N) is 1. The van der Waals surface area contributed by atoms with E-state index in [1.807, 2.05) is 0 Å². The minimum atomic E-state index is -1.18. The topological polar surface area (TPSA) is 122 Å². The summed E-state index contributed by atoms with van der Waals surface area (Å²) in [6.45, 7) is 1.71. The van der Waals surface area contributed by atoms with Crippen molar-refractivity contribution in [3.8, 4) is 0 Å². The molecule has 2 amide bonds. The number of aromatic nitrogens is 1. The summed E-state index contributed by atoms with van der Waals surface area (Å²) in [4.78, 5) is 35.2. The van der Waals surface area contributed by atoms with Crippen molar-refractivity contribution < 1.29 is 24.0 Å². The lowest BCUT2D eigenvalue weighted by atomic mass is 9.92. The normalized spacial score (nSPS) is 16.4. The summed E-state index contributed by atoms with van der Waals surface area (Å²) in [7, 11) is 0. The summed E-state index contributed by atoms with van der Waals surface area (Å²) in [6, 6.07) is 1.59. The fraction of sp³-hybridized carbons (Fsp3) is 0.571. The first-order valence-corrected chi connectivity index (χ1v) is 9.65. The summed E-state index contributed by atoms with van der Waals surface area (Å²) in [5, 5.41) is 18.2. The second kappa shape index (κ2) is 8.43. The summed E-state index contributed by atoms with van der Waals surface area (Å²) in [5.41, 5.74) is -1.18. The summed E-state index contributed by atoms with van der Waals surface area (Å²) in [5.74, 6) is 0.734. The molecule has 0 saturated carbocycles. The molecule has 0 spiro atoms. The van der Waals surface area contributed by atoms with E-state index in [2.05, 4.69) is 15.8 Å². The third kappa shape index (κ3) is 5.17. The van der Waals surface area contributed by atoms with Crippen molar-refractivity contribution in [2.24, 2.45) is 0 Å². The summed E-state index contributed by atoms with van der Waals surface area (Å²) < 4.78 is 4.83. The number of amides is 2. The zero-order valence-corrected chi connectivity index (χ0v) is 14.8. The Labute approximate surface area is 147 Å². The average Bonchev–Trinajstić information content (AvgIpc) is 2.93. The minimum Gasteiger partial charge on any atom is -0.480 e. The van der Waals surface area contributed by atoms with Crippen molar-refractivity contribution in [2.75, 3.05) is 28.3 Å². The van der Waals surface area contributed by atoms with Crippen LogP contribution in [0.25, 0.3) is 0 Å². The smallest absolute Gasteiger partial charge is 0.329 e. The van der Waals surface area contributed by atoms with E-state index in [-0.39, 0.29) is 23.3 Å². The Hall–Kier alpha value is -1.68. The quantitative estimate of drug-likeness (QED) is 0.650. The molecular formula is C14H19N3O5S2. The number of nitrogens with one attached hydrogen (secondary N) is 2. The molecule has 0 aliphatic carbocycles. The van der Waals surface area contributed by atoms with E-state index in [0.29, 0.717) is 35.9 Å². The maximum Gasteiger partial charge on any atom is 0.329 e. The van der Waals surface area contributed by atoms with Crippen molar-refractivity contribution in [3.63, 3.8) is 0 Å². The summed E-state index contributed by atoms with van der Waals surface area (Å²) in [6.07, 6.45) is 0.824. The zero-order valence-electron chi connectivity index (χ0n) is 13.2. The van der Waals surface area contributed by atoms with Crippen LogP contribution in [0.3, 0.4) is 0 Å². The van der Waals surface area contributed by atoms with Crippen molar-refractivity contribution in [1.29, 1.82) is 0 Å². The van der Waals surface area contributed by atoms with Crippen LogP contribution < -0.4 is 10.6 Å². The number of anilines is 1. The fourth-order valence-corrected chi connectivity index (χ4v) is 4.06. The van der Waals surface area contributed by atoms with Gasteiger partial charge in [-0.05, 0) is 31.3 Å². The van der Waals surface area contributed by atoms with Crippen molar-refractivity contribution in [2.45, 2.75) is 25.3 Å². The number of hydrogen-bond acceptors (Lipinski definition) is 7. The van der Waals surface area contributed by atoms with Gasteiger partial charge in [0.05, 0.1) is 11.5 Å². The number of aryl methyl sites for hydroxylation is 1. The van der Waals surface area contributed by atoms with Gasteiger partial charge in [-0.1, -0.05) is 5.16 Å². The predicted molar refractivity (Wildman–Crippen MR) is 92.3 cm³/mol. The average molecular weight is 373 g/mol. The Morgan fingerprint density at radius 1 is 1.33 bits per heavy atom. The highest BCUT2D eigenvalue weighted by molar-refractivity contribution is 8.00. The monoisotopic (exact) mass is 373 g/mol. The number of aliphatic carboxylic acids is 1. The van der Waals surface area contributed by atoms with Crippen molar-refractivity contribution in [1.82, 2.24) is 10.5 Å². The number of thioether (sulfide) groups is 2. The Balaban J connectivity index is 1.74. The minimum absolute atomic E-state index is 0.0213. The third-order valence-electron chi connectivity index (χ3n) is 3.50. The first-order valence-electron chi connectivity index (χ1n) is 7.34.